The highest BCUT2D eigenvalue weighted by atomic mass is 16.5. The molecule has 0 atom stereocenters. The third-order valence-corrected chi connectivity index (χ3v) is 2.16. The molecule has 0 aromatic heterocycles. The zero-order chi connectivity index (χ0) is 12.3. The van der Waals surface area contributed by atoms with Gasteiger partial charge in [-0.15, -0.1) is 0 Å². The summed E-state index contributed by atoms with van der Waals surface area (Å²) in [4.78, 5) is 10.5. The largest absolute Gasteiger partial charge is 0.466 e. The monoisotopic (exact) mass is 230 g/mol. The van der Waals surface area contributed by atoms with Crippen molar-refractivity contribution in [2.24, 2.45) is 0 Å². The predicted octanol–water partition coefficient (Wildman–Crippen LogP) is 3.60. The van der Waals surface area contributed by atoms with Gasteiger partial charge in [-0.05, 0) is 18.4 Å². The lowest BCUT2D eigenvalue weighted by atomic mass is 10.2. The second-order valence-electron chi connectivity index (χ2n) is 3.68. The Hall–Kier alpha value is -1.83. The summed E-state index contributed by atoms with van der Waals surface area (Å²) in [5.41, 5.74) is 1.19. The van der Waals surface area contributed by atoms with Crippen molar-refractivity contribution in [3.8, 4) is 0 Å². The molecular formula is C15H18O2. The van der Waals surface area contributed by atoms with Gasteiger partial charge >= 0.3 is 5.97 Å². The molecule has 1 aromatic carbocycles. The van der Waals surface area contributed by atoms with Crippen LogP contribution in [0.25, 0.3) is 6.08 Å². The van der Waals surface area contributed by atoms with E-state index in [2.05, 4.69) is 24.3 Å². The van der Waals surface area contributed by atoms with Gasteiger partial charge in [0.25, 0.3) is 0 Å². The third-order valence-electron chi connectivity index (χ3n) is 2.16. The average Bonchev–Trinajstić information content (AvgIpc) is 2.33. The van der Waals surface area contributed by atoms with Crippen LogP contribution in [0.15, 0.2) is 48.6 Å². The molecule has 1 rings (SSSR count). The molecular weight excluding hydrogens is 212 g/mol. The van der Waals surface area contributed by atoms with E-state index in [1.54, 1.807) is 0 Å². The minimum atomic E-state index is -0.210. The fraction of sp³-hybridized carbons (Fsp3) is 0.267. The number of benzene rings is 1. The lowest BCUT2D eigenvalue weighted by molar-refractivity contribution is -0.141. The molecule has 0 aliphatic rings. The van der Waals surface area contributed by atoms with Gasteiger partial charge in [0.1, 0.15) is 0 Å². The molecule has 0 N–H and O–H groups in total. The maximum absolute atomic E-state index is 10.5. The minimum Gasteiger partial charge on any atom is -0.466 e. The molecule has 90 valence electrons. The summed E-state index contributed by atoms with van der Waals surface area (Å²) in [6.45, 7) is 1.93. The van der Waals surface area contributed by atoms with Crippen molar-refractivity contribution in [3.05, 3.63) is 54.1 Å². The van der Waals surface area contributed by atoms with Gasteiger partial charge in [-0.2, -0.15) is 0 Å². The Balaban J connectivity index is 2.14. The Labute approximate surface area is 103 Å². The summed E-state index contributed by atoms with van der Waals surface area (Å²) >= 11 is 0. The average molecular weight is 230 g/mol. The van der Waals surface area contributed by atoms with Crippen molar-refractivity contribution >= 4 is 12.0 Å². The van der Waals surface area contributed by atoms with Crippen molar-refractivity contribution < 1.29 is 9.53 Å². The Bertz CT molecular complexity index is 377. The molecule has 1 aromatic rings. The first-order valence-corrected chi connectivity index (χ1v) is 5.80. The molecule has 17 heavy (non-hydrogen) atoms. The number of carbonyl (C=O) groups is 1. The number of ether oxygens (including phenoxy) is 1. The van der Waals surface area contributed by atoms with Crippen LogP contribution in [0.2, 0.25) is 0 Å². The fourth-order valence-electron chi connectivity index (χ4n) is 1.32. The molecule has 0 spiro atoms. The Morgan fingerprint density at radius 2 is 2.00 bits per heavy atom. The Morgan fingerprint density at radius 3 is 2.71 bits per heavy atom. The number of esters is 1. The zero-order valence-electron chi connectivity index (χ0n) is 10.1. The highest BCUT2D eigenvalue weighted by Gasteiger charge is 1.89. The van der Waals surface area contributed by atoms with E-state index in [4.69, 9.17) is 4.74 Å². The quantitative estimate of drug-likeness (QED) is 0.424. The van der Waals surface area contributed by atoms with Crippen molar-refractivity contribution in [3.63, 3.8) is 0 Å². The maximum Gasteiger partial charge on any atom is 0.302 e. The van der Waals surface area contributed by atoms with Crippen LogP contribution in [0, 0.1) is 0 Å². The lowest BCUT2D eigenvalue weighted by Gasteiger charge is -1.97. The molecule has 0 aliphatic heterocycles. The summed E-state index contributed by atoms with van der Waals surface area (Å²) in [6.07, 6.45) is 9.95. The third kappa shape index (κ3) is 7.12. The van der Waals surface area contributed by atoms with Crippen LogP contribution in [0.4, 0.5) is 0 Å². The van der Waals surface area contributed by atoms with Gasteiger partial charge in [0.15, 0.2) is 0 Å². The molecule has 0 unspecified atom stereocenters. The van der Waals surface area contributed by atoms with Crippen LogP contribution in [-0.2, 0) is 9.53 Å². The van der Waals surface area contributed by atoms with Gasteiger partial charge in [0.2, 0.25) is 0 Å². The second-order valence-corrected chi connectivity index (χ2v) is 3.68. The lowest BCUT2D eigenvalue weighted by Crippen LogP contribution is -1.99. The van der Waals surface area contributed by atoms with Crippen LogP contribution in [-0.4, -0.2) is 12.6 Å². The summed E-state index contributed by atoms with van der Waals surface area (Å²) in [7, 11) is 0. The zero-order valence-corrected chi connectivity index (χ0v) is 10.1. The van der Waals surface area contributed by atoms with E-state index in [0.29, 0.717) is 6.61 Å². The van der Waals surface area contributed by atoms with Gasteiger partial charge in [0.05, 0.1) is 6.61 Å². The molecule has 0 saturated carbocycles. The predicted molar refractivity (Wildman–Crippen MR) is 70.5 cm³/mol. The second kappa shape index (κ2) is 8.34. The van der Waals surface area contributed by atoms with Crippen LogP contribution in [0.1, 0.15) is 25.3 Å². The van der Waals surface area contributed by atoms with E-state index in [1.807, 2.05) is 30.4 Å². The Morgan fingerprint density at radius 1 is 1.24 bits per heavy atom. The highest BCUT2D eigenvalue weighted by Crippen LogP contribution is 2.01. The summed E-state index contributed by atoms with van der Waals surface area (Å²) in [5, 5.41) is 0. The molecule has 0 aliphatic carbocycles. The normalized spacial score (nSPS) is 11.1. The van der Waals surface area contributed by atoms with Crippen LogP contribution < -0.4 is 0 Å². The van der Waals surface area contributed by atoms with Gasteiger partial charge < -0.3 is 4.74 Å². The van der Waals surface area contributed by atoms with E-state index in [1.165, 1.54) is 12.5 Å². The molecule has 0 amide bonds. The number of rotatable bonds is 6. The van der Waals surface area contributed by atoms with E-state index in [-0.39, 0.29) is 5.97 Å². The first-order chi connectivity index (χ1) is 8.29. The number of carbonyl (C=O) groups excluding carboxylic acids is 1. The molecule has 2 nitrogen and oxygen atoms in total. The molecule has 0 saturated heterocycles. The molecule has 0 radical (unpaired) electrons. The van der Waals surface area contributed by atoms with Crippen molar-refractivity contribution in [2.45, 2.75) is 19.8 Å². The van der Waals surface area contributed by atoms with Gasteiger partial charge in [-0.25, -0.2) is 0 Å². The minimum absolute atomic E-state index is 0.210. The maximum atomic E-state index is 10.5. The first kappa shape index (κ1) is 13.2. The number of allylic oxidation sites excluding steroid dienone is 3. The van der Waals surface area contributed by atoms with Crippen LogP contribution in [0.5, 0.6) is 0 Å². The molecule has 0 heterocycles. The van der Waals surface area contributed by atoms with E-state index in [0.717, 1.165) is 12.8 Å². The summed E-state index contributed by atoms with van der Waals surface area (Å²) in [6, 6.07) is 10.2. The van der Waals surface area contributed by atoms with Crippen molar-refractivity contribution in [2.75, 3.05) is 6.61 Å². The molecule has 0 bridgehead atoms. The molecule has 0 fully saturated rings. The van der Waals surface area contributed by atoms with E-state index in [9.17, 15) is 4.79 Å². The standard InChI is InChI=1S/C15H18O2/c1-14(16)17-13-9-4-2-3-6-10-15-11-7-5-8-12-15/h2-3,5-8,10-12H,4,9,13H2,1H3/b3-2+,10-6-. The van der Waals surface area contributed by atoms with Crippen LogP contribution >= 0.6 is 0 Å². The summed E-state index contributed by atoms with van der Waals surface area (Å²) in [5.74, 6) is -0.210. The first-order valence-electron chi connectivity index (χ1n) is 5.80. The highest BCUT2D eigenvalue weighted by molar-refractivity contribution is 5.65. The van der Waals surface area contributed by atoms with Gasteiger partial charge in [0, 0.05) is 6.92 Å². The number of hydrogen-bond donors (Lipinski definition) is 0. The van der Waals surface area contributed by atoms with Crippen LogP contribution in [0.3, 0.4) is 0 Å². The van der Waals surface area contributed by atoms with Crippen molar-refractivity contribution in [1.82, 2.24) is 0 Å². The molecule has 2 heteroatoms. The topological polar surface area (TPSA) is 26.3 Å². The fourth-order valence-corrected chi connectivity index (χ4v) is 1.32. The Kier molecular flexibility index (Phi) is 6.49. The smallest absolute Gasteiger partial charge is 0.302 e. The summed E-state index contributed by atoms with van der Waals surface area (Å²) < 4.78 is 4.83. The number of hydrogen-bond acceptors (Lipinski definition) is 2. The SMILES string of the molecule is CC(=O)OCCC/C=C/C=C\c1ccccc1. The van der Waals surface area contributed by atoms with Gasteiger partial charge in [-0.1, -0.05) is 54.6 Å². The number of unbranched alkanes of at least 4 members (excludes halogenated alkanes) is 1. The van der Waals surface area contributed by atoms with E-state index < -0.39 is 0 Å². The van der Waals surface area contributed by atoms with E-state index >= 15 is 0 Å². The van der Waals surface area contributed by atoms with Crippen molar-refractivity contribution in [1.29, 1.82) is 0 Å². The van der Waals surface area contributed by atoms with Gasteiger partial charge in [-0.3, -0.25) is 4.79 Å².